The number of nitrogens with one attached hydrogen (secondary N) is 1. The number of anilines is 1. The molecule has 20 heavy (non-hydrogen) atoms. The predicted octanol–water partition coefficient (Wildman–Crippen LogP) is 1.83. The van der Waals surface area contributed by atoms with Gasteiger partial charge in [0.25, 0.3) is 5.91 Å². The van der Waals surface area contributed by atoms with Crippen LogP contribution in [0.3, 0.4) is 0 Å². The average Bonchev–Trinajstić information content (AvgIpc) is 2.47. The lowest BCUT2D eigenvalue weighted by Crippen LogP contribution is -2.15. The van der Waals surface area contributed by atoms with Crippen LogP contribution in [0.5, 0.6) is 5.75 Å². The Morgan fingerprint density at radius 3 is 2.70 bits per heavy atom. The quantitative estimate of drug-likeness (QED) is 0.832. The number of benzene rings is 1. The molecule has 0 aliphatic carbocycles. The standard InChI is InChI=1S/C14H12N2O4/c1-20-14(19)11-4-2-3-5-12(11)16-13(18)9-6-10(17)8-15-7-9/h2-8,17H,1H3,(H,16,18). The highest BCUT2D eigenvalue weighted by Crippen LogP contribution is 2.18. The number of carbonyl (C=O) groups excluding carboxylic acids is 2. The van der Waals surface area contributed by atoms with Crippen molar-refractivity contribution in [1.82, 2.24) is 4.98 Å². The van der Waals surface area contributed by atoms with Gasteiger partial charge >= 0.3 is 5.97 Å². The van der Waals surface area contributed by atoms with Gasteiger partial charge in [0.1, 0.15) is 5.75 Å². The van der Waals surface area contributed by atoms with Crippen LogP contribution in [0.2, 0.25) is 0 Å². The SMILES string of the molecule is COC(=O)c1ccccc1NC(=O)c1cncc(O)c1. The van der Waals surface area contributed by atoms with Crippen LogP contribution in [-0.2, 0) is 4.74 Å². The molecule has 0 spiro atoms. The van der Waals surface area contributed by atoms with E-state index in [0.29, 0.717) is 5.69 Å². The molecule has 2 rings (SSSR count). The molecule has 6 heteroatoms. The van der Waals surface area contributed by atoms with Crippen LogP contribution in [0.4, 0.5) is 5.69 Å². The lowest BCUT2D eigenvalue weighted by molar-refractivity contribution is 0.0602. The molecular formula is C14H12N2O4. The summed E-state index contributed by atoms with van der Waals surface area (Å²) in [6.45, 7) is 0. The van der Waals surface area contributed by atoms with Crippen molar-refractivity contribution in [3.05, 3.63) is 53.9 Å². The van der Waals surface area contributed by atoms with Gasteiger partial charge in [-0.25, -0.2) is 4.79 Å². The van der Waals surface area contributed by atoms with E-state index in [1.54, 1.807) is 24.3 Å². The maximum absolute atomic E-state index is 12.0. The highest BCUT2D eigenvalue weighted by Gasteiger charge is 2.14. The predicted molar refractivity (Wildman–Crippen MR) is 71.6 cm³/mol. The number of hydrogen-bond donors (Lipinski definition) is 2. The Morgan fingerprint density at radius 2 is 2.00 bits per heavy atom. The molecule has 0 saturated heterocycles. The van der Waals surface area contributed by atoms with Gasteiger partial charge in [-0.15, -0.1) is 0 Å². The molecule has 0 bridgehead atoms. The largest absolute Gasteiger partial charge is 0.506 e. The molecule has 0 atom stereocenters. The Hall–Kier alpha value is -2.89. The lowest BCUT2D eigenvalue weighted by atomic mass is 10.1. The van der Waals surface area contributed by atoms with Crippen LogP contribution >= 0.6 is 0 Å². The number of carbonyl (C=O) groups is 2. The van der Waals surface area contributed by atoms with Gasteiger partial charge in [-0.3, -0.25) is 9.78 Å². The molecule has 0 radical (unpaired) electrons. The van der Waals surface area contributed by atoms with Gasteiger partial charge in [0.05, 0.1) is 30.1 Å². The summed E-state index contributed by atoms with van der Waals surface area (Å²) in [7, 11) is 1.26. The second-order valence-electron chi connectivity index (χ2n) is 3.92. The summed E-state index contributed by atoms with van der Waals surface area (Å²) in [5.74, 6) is -1.14. The lowest BCUT2D eigenvalue weighted by Gasteiger charge is -2.09. The van der Waals surface area contributed by atoms with E-state index < -0.39 is 11.9 Å². The summed E-state index contributed by atoms with van der Waals surface area (Å²) in [4.78, 5) is 27.3. The van der Waals surface area contributed by atoms with Gasteiger partial charge in [0.2, 0.25) is 0 Å². The van der Waals surface area contributed by atoms with Gasteiger partial charge in [-0.05, 0) is 18.2 Å². The number of para-hydroxylation sites is 1. The van der Waals surface area contributed by atoms with Crippen molar-refractivity contribution in [1.29, 1.82) is 0 Å². The topological polar surface area (TPSA) is 88.5 Å². The molecule has 1 aromatic heterocycles. The van der Waals surface area contributed by atoms with Crippen molar-refractivity contribution in [2.75, 3.05) is 12.4 Å². The molecular weight excluding hydrogens is 260 g/mol. The van der Waals surface area contributed by atoms with Gasteiger partial charge < -0.3 is 15.2 Å². The summed E-state index contributed by atoms with van der Waals surface area (Å²) < 4.78 is 4.64. The Morgan fingerprint density at radius 1 is 1.25 bits per heavy atom. The molecule has 6 nitrogen and oxygen atoms in total. The first-order chi connectivity index (χ1) is 9.61. The molecule has 0 fully saturated rings. The molecule has 0 unspecified atom stereocenters. The fraction of sp³-hybridized carbons (Fsp3) is 0.0714. The number of esters is 1. The zero-order valence-corrected chi connectivity index (χ0v) is 10.7. The Labute approximate surface area is 115 Å². The number of aromatic hydroxyl groups is 1. The first kappa shape index (κ1) is 13.5. The number of hydrogen-bond acceptors (Lipinski definition) is 5. The third-order valence-electron chi connectivity index (χ3n) is 2.57. The molecule has 1 aromatic carbocycles. The molecule has 2 N–H and O–H groups in total. The number of amides is 1. The van der Waals surface area contributed by atoms with Gasteiger partial charge in [-0.2, -0.15) is 0 Å². The van der Waals surface area contributed by atoms with E-state index in [1.807, 2.05) is 0 Å². The van der Waals surface area contributed by atoms with E-state index in [9.17, 15) is 14.7 Å². The van der Waals surface area contributed by atoms with E-state index in [2.05, 4.69) is 15.0 Å². The second-order valence-corrected chi connectivity index (χ2v) is 3.92. The minimum atomic E-state index is -0.546. The van der Waals surface area contributed by atoms with Crippen LogP contribution in [-0.4, -0.2) is 29.1 Å². The minimum absolute atomic E-state index is 0.112. The van der Waals surface area contributed by atoms with E-state index in [1.165, 1.54) is 25.6 Å². The van der Waals surface area contributed by atoms with Crippen molar-refractivity contribution in [2.45, 2.75) is 0 Å². The maximum Gasteiger partial charge on any atom is 0.339 e. The molecule has 0 saturated carbocycles. The highest BCUT2D eigenvalue weighted by molar-refractivity contribution is 6.07. The van der Waals surface area contributed by atoms with Crippen LogP contribution in [0.15, 0.2) is 42.7 Å². The summed E-state index contributed by atoms with van der Waals surface area (Å²) in [5.41, 5.74) is 0.758. The molecule has 102 valence electrons. The van der Waals surface area contributed by atoms with Crippen LogP contribution in [0, 0.1) is 0 Å². The molecule has 1 amide bonds. The van der Waals surface area contributed by atoms with E-state index >= 15 is 0 Å². The summed E-state index contributed by atoms with van der Waals surface area (Å²) in [6.07, 6.45) is 2.54. The molecule has 0 aliphatic rings. The molecule has 0 aliphatic heterocycles. The Bertz CT molecular complexity index is 655. The summed E-state index contributed by atoms with van der Waals surface area (Å²) in [6, 6.07) is 7.76. The van der Waals surface area contributed by atoms with Crippen molar-refractivity contribution in [2.24, 2.45) is 0 Å². The van der Waals surface area contributed by atoms with Crippen molar-refractivity contribution >= 4 is 17.6 Å². The fourth-order valence-electron chi connectivity index (χ4n) is 1.63. The smallest absolute Gasteiger partial charge is 0.339 e. The normalized spacial score (nSPS) is 9.85. The maximum atomic E-state index is 12.0. The fourth-order valence-corrected chi connectivity index (χ4v) is 1.63. The molecule has 2 aromatic rings. The minimum Gasteiger partial charge on any atom is -0.506 e. The zero-order valence-electron chi connectivity index (χ0n) is 10.7. The monoisotopic (exact) mass is 272 g/mol. The first-order valence-corrected chi connectivity index (χ1v) is 5.74. The number of aromatic nitrogens is 1. The highest BCUT2D eigenvalue weighted by atomic mass is 16.5. The van der Waals surface area contributed by atoms with Gasteiger partial charge in [0.15, 0.2) is 0 Å². The van der Waals surface area contributed by atoms with E-state index in [-0.39, 0.29) is 16.9 Å². The van der Waals surface area contributed by atoms with Gasteiger partial charge in [0, 0.05) is 6.20 Å². The summed E-state index contributed by atoms with van der Waals surface area (Å²) >= 11 is 0. The zero-order chi connectivity index (χ0) is 14.5. The van der Waals surface area contributed by atoms with Crippen LogP contribution in [0.25, 0.3) is 0 Å². The van der Waals surface area contributed by atoms with Crippen LogP contribution in [0.1, 0.15) is 20.7 Å². The number of methoxy groups -OCH3 is 1. The Balaban J connectivity index is 2.26. The van der Waals surface area contributed by atoms with Crippen molar-refractivity contribution in [3.63, 3.8) is 0 Å². The summed E-state index contributed by atoms with van der Waals surface area (Å²) in [5, 5.41) is 11.9. The third-order valence-corrected chi connectivity index (χ3v) is 2.57. The van der Waals surface area contributed by atoms with Gasteiger partial charge in [-0.1, -0.05) is 12.1 Å². The first-order valence-electron chi connectivity index (χ1n) is 5.74. The third kappa shape index (κ3) is 2.92. The average molecular weight is 272 g/mol. The van der Waals surface area contributed by atoms with Crippen molar-refractivity contribution in [3.8, 4) is 5.75 Å². The number of nitrogens with zero attached hydrogens (tertiary/aromatic N) is 1. The van der Waals surface area contributed by atoms with E-state index in [4.69, 9.17) is 0 Å². The van der Waals surface area contributed by atoms with E-state index in [0.717, 1.165) is 0 Å². The second kappa shape index (κ2) is 5.83. The number of pyridine rings is 1. The number of rotatable bonds is 3. The number of ether oxygens (including phenoxy) is 1. The molecule has 1 heterocycles. The van der Waals surface area contributed by atoms with Crippen LogP contribution < -0.4 is 5.32 Å². The Kier molecular flexibility index (Phi) is 3.95. The van der Waals surface area contributed by atoms with Crippen molar-refractivity contribution < 1.29 is 19.4 Å².